The van der Waals surface area contributed by atoms with Crippen LogP contribution < -0.4 is 16.2 Å². The Morgan fingerprint density at radius 3 is 1.90 bits per heavy atom. The number of carbonyl (C=O) groups is 1. The van der Waals surface area contributed by atoms with Gasteiger partial charge in [-0.15, -0.1) is 10.9 Å². The summed E-state index contributed by atoms with van der Waals surface area (Å²) in [6, 6.07) is 18.5. The zero-order chi connectivity index (χ0) is 14.0. The number of rotatable bonds is 3. The second-order valence-corrected chi connectivity index (χ2v) is 4.95. The highest BCUT2D eigenvalue weighted by atomic mass is 16.5. The number of nitrogens with one attached hydrogen (secondary N) is 1. The second kappa shape index (κ2) is 5.11. The van der Waals surface area contributed by atoms with E-state index in [1.807, 2.05) is 60.7 Å². The molecule has 1 aliphatic rings. The third-order valence-electron chi connectivity index (χ3n) is 3.73. The van der Waals surface area contributed by atoms with Crippen LogP contribution in [0.25, 0.3) is 0 Å². The van der Waals surface area contributed by atoms with Crippen molar-refractivity contribution in [2.75, 3.05) is 6.61 Å². The van der Waals surface area contributed by atoms with E-state index in [9.17, 15) is 9.90 Å². The number of aliphatic hydroxyl groups is 1. The molecule has 1 fully saturated rings. The van der Waals surface area contributed by atoms with Crippen molar-refractivity contribution in [3.05, 3.63) is 60.7 Å². The van der Waals surface area contributed by atoms with E-state index in [4.69, 9.17) is 4.65 Å². The number of hydrogen-bond acceptors (Lipinski definition) is 4. The summed E-state index contributed by atoms with van der Waals surface area (Å²) in [5, 5.41) is 12.5. The maximum atomic E-state index is 11.9. The molecule has 5 heteroatoms. The predicted octanol–water partition coefficient (Wildman–Crippen LogP) is -0.250. The van der Waals surface area contributed by atoms with Gasteiger partial charge >= 0.3 is 0 Å². The van der Waals surface area contributed by atoms with Gasteiger partial charge in [-0.3, -0.25) is 4.79 Å². The van der Waals surface area contributed by atoms with Crippen LogP contribution in [0.5, 0.6) is 0 Å². The van der Waals surface area contributed by atoms with Gasteiger partial charge in [0.05, 0.1) is 12.6 Å². The standard InChI is InChI=1S/C15H15BNO3/c18-11-14-15(19)20-16(17-14,12-7-3-1-4-8-12)13-9-5-2-6-10-13/h1-10,14,17-18H,11H2/q-1/t14-/m0/s1. The van der Waals surface area contributed by atoms with Crippen molar-refractivity contribution in [1.82, 2.24) is 5.23 Å². The van der Waals surface area contributed by atoms with Crippen LogP contribution in [0, 0.1) is 0 Å². The van der Waals surface area contributed by atoms with E-state index in [1.165, 1.54) is 0 Å². The fraction of sp³-hybridized carbons (Fsp3) is 0.133. The zero-order valence-corrected chi connectivity index (χ0v) is 10.9. The van der Waals surface area contributed by atoms with Crippen molar-refractivity contribution < 1.29 is 14.6 Å². The fourth-order valence-electron chi connectivity index (χ4n) is 2.74. The number of carbonyl (C=O) groups excluding carboxylic acids is 1. The Morgan fingerprint density at radius 2 is 1.50 bits per heavy atom. The lowest BCUT2D eigenvalue weighted by atomic mass is 9.42. The Kier molecular flexibility index (Phi) is 3.30. The van der Waals surface area contributed by atoms with Crippen LogP contribution in [0.3, 0.4) is 0 Å². The van der Waals surface area contributed by atoms with Crippen LogP contribution in [0.2, 0.25) is 0 Å². The molecular formula is C15H15BNO3-. The molecule has 3 rings (SSSR count). The number of hydrogen-bond donors (Lipinski definition) is 2. The van der Waals surface area contributed by atoms with E-state index in [0.717, 1.165) is 10.9 Å². The predicted molar refractivity (Wildman–Crippen MR) is 78.0 cm³/mol. The molecule has 0 unspecified atom stereocenters. The lowest BCUT2D eigenvalue weighted by Crippen LogP contribution is -2.68. The van der Waals surface area contributed by atoms with Crippen molar-refractivity contribution in [3.8, 4) is 0 Å². The van der Waals surface area contributed by atoms with Crippen molar-refractivity contribution in [2.45, 2.75) is 6.04 Å². The molecule has 0 spiro atoms. The van der Waals surface area contributed by atoms with Gasteiger partial charge in [-0.1, -0.05) is 60.7 Å². The van der Waals surface area contributed by atoms with Crippen molar-refractivity contribution in [3.63, 3.8) is 0 Å². The molecule has 0 aliphatic carbocycles. The number of aliphatic hydroxyl groups excluding tert-OH is 1. The molecule has 20 heavy (non-hydrogen) atoms. The van der Waals surface area contributed by atoms with Crippen LogP contribution in [-0.2, 0) is 9.45 Å². The SMILES string of the molecule is O=C1O[B-](c2ccccc2)(c2ccccc2)N[C@H]1CO. The Morgan fingerprint density at radius 1 is 1.00 bits per heavy atom. The average Bonchev–Trinajstić information content (AvgIpc) is 2.87. The summed E-state index contributed by atoms with van der Waals surface area (Å²) in [6.45, 7) is -2.10. The summed E-state index contributed by atoms with van der Waals surface area (Å²) < 4.78 is 5.68. The molecule has 2 aromatic carbocycles. The van der Waals surface area contributed by atoms with Crippen LogP contribution in [0.1, 0.15) is 0 Å². The van der Waals surface area contributed by atoms with Gasteiger partial charge < -0.3 is 15.0 Å². The summed E-state index contributed by atoms with van der Waals surface area (Å²) in [5.74, 6) is -0.416. The third-order valence-corrected chi connectivity index (χ3v) is 3.73. The summed E-state index contributed by atoms with van der Waals surface area (Å²) in [4.78, 5) is 11.9. The molecule has 102 valence electrons. The molecule has 0 radical (unpaired) electrons. The highest BCUT2D eigenvalue weighted by Gasteiger charge is 2.42. The molecule has 2 N–H and O–H groups in total. The van der Waals surface area contributed by atoms with E-state index in [-0.39, 0.29) is 6.61 Å². The summed E-state index contributed by atoms with van der Waals surface area (Å²) in [7, 11) is 0. The maximum absolute atomic E-state index is 11.9. The normalized spacial score (nSPS) is 20.6. The molecule has 1 saturated heterocycles. The first kappa shape index (κ1) is 12.9. The van der Waals surface area contributed by atoms with Gasteiger partial charge in [-0.25, -0.2) is 0 Å². The quantitative estimate of drug-likeness (QED) is 0.754. The largest absolute Gasteiger partial charge is 0.667 e. The van der Waals surface area contributed by atoms with Gasteiger partial charge in [-0.05, 0) is 0 Å². The molecule has 1 aliphatic heterocycles. The first-order valence-corrected chi connectivity index (χ1v) is 6.63. The van der Waals surface area contributed by atoms with Gasteiger partial charge in [0.25, 0.3) is 12.5 Å². The van der Waals surface area contributed by atoms with Crippen molar-refractivity contribution in [1.29, 1.82) is 0 Å². The molecule has 0 amide bonds. The Bertz CT molecular complexity index is 564. The highest BCUT2D eigenvalue weighted by molar-refractivity contribution is 6.97. The molecule has 1 atom stereocenters. The minimum absolute atomic E-state index is 0.276. The lowest BCUT2D eigenvalue weighted by molar-refractivity contribution is -0.134. The molecular weight excluding hydrogens is 253 g/mol. The lowest BCUT2D eigenvalue weighted by Gasteiger charge is -2.37. The first-order chi connectivity index (χ1) is 9.76. The summed E-state index contributed by atoms with van der Waals surface area (Å²) in [5.41, 5.74) is 1.78. The maximum Gasteiger partial charge on any atom is 0.293 e. The molecule has 2 aromatic rings. The zero-order valence-electron chi connectivity index (χ0n) is 10.9. The Labute approximate surface area is 117 Å². The highest BCUT2D eigenvalue weighted by Crippen LogP contribution is 2.14. The van der Waals surface area contributed by atoms with Gasteiger partial charge in [0.2, 0.25) is 0 Å². The van der Waals surface area contributed by atoms with E-state index >= 15 is 0 Å². The van der Waals surface area contributed by atoms with Gasteiger partial charge in [0.1, 0.15) is 0 Å². The van der Waals surface area contributed by atoms with Crippen LogP contribution >= 0.6 is 0 Å². The Balaban J connectivity index is 2.13. The van der Waals surface area contributed by atoms with Crippen molar-refractivity contribution in [2.24, 2.45) is 0 Å². The average molecular weight is 268 g/mol. The molecule has 0 aromatic heterocycles. The van der Waals surface area contributed by atoms with E-state index in [1.54, 1.807) is 0 Å². The van der Waals surface area contributed by atoms with Gasteiger partial charge in [0.15, 0.2) is 0 Å². The Hall–Kier alpha value is -2.11. The number of benzene rings is 2. The molecule has 4 nitrogen and oxygen atoms in total. The second-order valence-electron chi connectivity index (χ2n) is 4.95. The smallest absolute Gasteiger partial charge is 0.293 e. The molecule has 0 bridgehead atoms. The minimum atomic E-state index is -1.83. The summed E-state index contributed by atoms with van der Waals surface area (Å²) in [6.07, 6.45) is 0. The molecule has 1 heterocycles. The fourth-order valence-corrected chi connectivity index (χ4v) is 2.74. The topological polar surface area (TPSA) is 58.6 Å². The molecule has 0 saturated carbocycles. The summed E-state index contributed by atoms with van der Waals surface area (Å²) >= 11 is 0. The van der Waals surface area contributed by atoms with Gasteiger partial charge in [-0.2, -0.15) is 0 Å². The third kappa shape index (κ3) is 2.01. The minimum Gasteiger partial charge on any atom is -0.667 e. The van der Waals surface area contributed by atoms with Crippen molar-refractivity contribution >= 4 is 23.4 Å². The van der Waals surface area contributed by atoms with E-state index < -0.39 is 18.5 Å². The van der Waals surface area contributed by atoms with E-state index in [0.29, 0.717) is 0 Å². The van der Waals surface area contributed by atoms with Crippen LogP contribution in [-0.4, -0.2) is 30.2 Å². The first-order valence-electron chi connectivity index (χ1n) is 6.63. The monoisotopic (exact) mass is 268 g/mol. The van der Waals surface area contributed by atoms with E-state index in [2.05, 4.69) is 5.23 Å². The van der Waals surface area contributed by atoms with Crippen LogP contribution in [0.4, 0.5) is 0 Å². The van der Waals surface area contributed by atoms with Crippen LogP contribution in [0.15, 0.2) is 60.7 Å². The van der Waals surface area contributed by atoms with Gasteiger partial charge in [0, 0.05) is 0 Å².